The van der Waals surface area contributed by atoms with Gasteiger partial charge >= 0.3 is 11.8 Å². The minimum Gasteiger partial charge on any atom is -0.449 e. The predicted molar refractivity (Wildman–Crippen MR) is 132 cm³/mol. The molecule has 6 aromatic rings. The Morgan fingerprint density at radius 2 is 1.57 bits per heavy atom. The van der Waals surface area contributed by atoms with Gasteiger partial charge in [-0.15, -0.1) is 0 Å². The van der Waals surface area contributed by atoms with Crippen molar-refractivity contribution in [3.8, 4) is 17.2 Å². The van der Waals surface area contributed by atoms with Gasteiger partial charge in [-0.1, -0.05) is 35.9 Å². The Labute approximate surface area is 202 Å². The van der Waals surface area contributed by atoms with Gasteiger partial charge in [-0.2, -0.15) is 9.78 Å². The molecule has 0 N–H and O–H groups in total. The van der Waals surface area contributed by atoms with E-state index in [0.717, 1.165) is 0 Å². The van der Waals surface area contributed by atoms with Gasteiger partial charge in [0.05, 0.1) is 34.4 Å². The average Bonchev–Trinajstić information content (AvgIpc) is 3.44. The zero-order chi connectivity index (χ0) is 24.1. The number of imidazole rings is 2. The van der Waals surface area contributed by atoms with E-state index in [2.05, 4.69) is 10.1 Å². The quantitative estimate of drug-likeness (QED) is 0.361. The highest BCUT2D eigenvalue weighted by atomic mass is 35.5. The standard InChI is InChI=1S/C25H17ClN6O3/c1-2-35-25(34)31-20-10-6-4-8-18(20)28-23(31)21-22-27-17-7-3-5-9-19(17)30(22)24(33)32(29-21)16-13-11-15(26)12-14-16/h3-14H,2H2,1H3. The number of para-hydroxylation sites is 4. The van der Waals surface area contributed by atoms with Crippen LogP contribution < -0.4 is 5.69 Å². The highest BCUT2D eigenvalue weighted by molar-refractivity contribution is 6.30. The molecule has 0 unspecified atom stereocenters. The normalized spacial score (nSPS) is 11.5. The topological polar surface area (TPSA) is 96.3 Å². The van der Waals surface area contributed by atoms with Crippen molar-refractivity contribution in [2.24, 2.45) is 0 Å². The molecule has 0 atom stereocenters. The summed E-state index contributed by atoms with van der Waals surface area (Å²) < 4.78 is 9.41. The number of benzene rings is 3. The first-order valence-corrected chi connectivity index (χ1v) is 11.3. The van der Waals surface area contributed by atoms with Crippen LogP contribution in [0.5, 0.6) is 0 Å². The van der Waals surface area contributed by atoms with Crippen molar-refractivity contribution < 1.29 is 9.53 Å². The highest BCUT2D eigenvalue weighted by Crippen LogP contribution is 2.28. The molecule has 3 aromatic carbocycles. The fourth-order valence-corrected chi connectivity index (χ4v) is 4.24. The number of ether oxygens (including phenoxy) is 1. The molecule has 0 aliphatic heterocycles. The van der Waals surface area contributed by atoms with E-state index >= 15 is 0 Å². The Morgan fingerprint density at radius 3 is 2.29 bits per heavy atom. The Morgan fingerprint density at radius 1 is 0.914 bits per heavy atom. The number of aromatic nitrogens is 6. The van der Waals surface area contributed by atoms with Gasteiger partial charge in [0.1, 0.15) is 0 Å². The highest BCUT2D eigenvalue weighted by Gasteiger charge is 2.26. The third-order valence-corrected chi connectivity index (χ3v) is 5.89. The van der Waals surface area contributed by atoms with E-state index in [1.165, 1.54) is 13.6 Å². The summed E-state index contributed by atoms with van der Waals surface area (Å²) in [5.74, 6) is 0.215. The Kier molecular flexibility index (Phi) is 4.85. The van der Waals surface area contributed by atoms with Crippen LogP contribution in [0.1, 0.15) is 6.92 Å². The summed E-state index contributed by atoms with van der Waals surface area (Å²) in [5.41, 5.74) is 2.97. The lowest BCUT2D eigenvalue weighted by atomic mass is 10.3. The number of nitrogens with zero attached hydrogens (tertiary/aromatic N) is 6. The van der Waals surface area contributed by atoms with Gasteiger partial charge in [0.15, 0.2) is 17.2 Å². The maximum atomic E-state index is 13.6. The van der Waals surface area contributed by atoms with Crippen molar-refractivity contribution in [1.29, 1.82) is 0 Å². The van der Waals surface area contributed by atoms with Gasteiger partial charge in [-0.05, 0) is 55.5 Å². The lowest BCUT2D eigenvalue weighted by Gasteiger charge is -2.11. The second-order valence-electron chi connectivity index (χ2n) is 7.74. The molecule has 3 aromatic heterocycles. The second kappa shape index (κ2) is 8.07. The molecule has 172 valence electrons. The molecule has 0 aliphatic carbocycles. The smallest absolute Gasteiger partial charge is 0.420 e. The van der Waals surface area contributed by atoms with Gasteiger partial charge in [-0.3, -0.25) is 0 Å². The van der Waals surface area contributed by atoms with Crippen LogP contribution in [-0.2, 0) is 4.74 Å². The molecule has 3 heterocycles. The van der Waals surface area contributed by atoms with Crippen LogP contribution in [0.25, 0.3) is 44.9 Å². The van der Waals surface area contributed by atoms with Crippen molar-refractivity contribution in [2.75, 3.05) is 6.61 Å². The molecule has 6 rings (SSSR count). The van der Waals surface area contributed by atoms with E-state index in [-0.39, 0.29) is 23.8 Å². The summed E-state index contributed by atoms with van der Waals surface area (Å²) in [6, 6.07) is 21.2. The van der Waals surface area contributed by atoms with Crippen LogP contribution in [0.4, 0.5) is 4.79 Å². The second-order valence-corrected chi connectivity index (χ2v) is 8.17. The van der Waals surface area contributed by atoms with Crippen molar-refractivity contribution in [1.82, 2.24) is 28.7 Å². The zero-order valence-corrected chi connectivity index (χ0v) is 19.2. The monoisotopic (exact) mass is 484 g/mol. The van der Waals surface area contributed by atoms with E-state index in [4.69, 9.17) is 21.3 Å². The number of fused-ring (bicyclic) bond motifs is 4. The zero-order valence-electron chi connectivity index (χ0n) is 18.4. The number of rotatable bonds is 3. The molecule has 0 saturated heterocycles. The predicted octanol–water partition coefficient (Wildman–Crippen LogP) is 4.71. The van der Waals surface area contributed by atoms with Gasteiger partial charge in [0.25, 0.3) is 0 Å². The Hall–Kier alpha value is -4.50. The lowest BCUT2D eigenvalue weighted by molar-refractivity contribution is 0.155. The lowest BCUT2D eigenvalue weighted by Crippen LogP contribution is -2.29. The van der Waals surface area contributed by atoms with Crippen LogP contribution in [-0.4, -0.2) is 41.4 Å². The Balaban J connectivity index is 1.77. The van der Waals surface area contributed by atoms with Gasteiger partial charge < -0.3 is 4.74 Å². The van der Waals surface area contributed by atoms with Crippen LogP contribution in [0.2, 0.25) is 5.02 Å². The molecular weight excluding hydrogens is 468 g/mol. The summed E-state index contributed by atoms with van der Waals surface area (Å²) in [5, 5.41) is 5.18. The summed E-state index contributed by atoms with van der Waals surface area (Å²) in [6.07, 6.45) is -0.600. The van der Waals surface area contributed by atoms with Crippen LogP contribution >= 0.6 is 11.6 Å². The summed E-state index contributed by atoms with van der Waals surface area (Å²) >= 11 is 6.06. The van der Waals surface area contributed by atoms with Crippen LogP contribution in [0.3, 0.4) is 0 Å². The molecule has 0 bridgehead atoms. The third-order valence-electron chi connectivity index (χ3n) is 5.64. The minimum absolute atomic E-state index is 0.186. The number of hydrogen-bond donors (Lipinski definition) is 0. The van der Waals surface area contributed by atoms with Gasteiger partial charge in [0.2, 0.25) is 0 Å². The SMILES string of the molecule is CCOC(=O)n1c(-c2nn(-c3ccc(Cl)cc3)c(=O)n3c2nc2ccccc23)nc2ccccc21. The Bertz CT molecular complexity index is 1820. The fourth-order valence-electron chi connectivity index (χ4n) is 4.11. The van der Waals surface area contributed by atoms with Gasteiger partial charge in [0, 0.05) is 5.02 Å². The molecule has 35 heavy (non-hydrogen) atoms. The third kappa shape index (κ3) is 3.28. The maximum absolute atomic E-state index is 13.6. The van der Waals surface area contributed by atoms with E-state index in [1.54, 1.807) is 49.4 Å². The van der Waals surface area contributed by atoms with Gasteiger partial charge in [-0.25, -0.2) is 28.5 Å². The van der Waals surface area contributed by atoms with Crippen molar-refractivity contribution in [3.63, 3.8) is 0 Å². The molecule has 0 amide bonds. The van der Waals surface area contributed by atoms with E-state index in [9.17, 15) is 9.59 Å². The summed E-state index contributed by atoms with van der Waals surface area (Å²) in [4.78, 5) is 36.1. The molecule has 10 heteroatoms. The first-order valence-electron chi connectivity index (χ1n) is 10.9. The number of carbonyl (C=O) groups is 1. The van der Waals surface area contributed by atoms with Crippen molar-refractivity contribution in [2.45, 2.75) is 6.92 Å². The molecule has 0 saturated carbocycles. The molecule has 9 nitrogen and oxygen atoms in total. The van der Waals surface area contributed by atoms with E-state index < -0.39 is 11.8 Å². The molecule has 0 fully saturated rings. The largest absolute Gasteiger partial charge is 0.449 e. The van der Waals surface area contributed by atoms with E-state index in [0.29, 0.717) is 32.8 Å². The van der Waals surface area contributed by atoms with E-state index in [1.807, 2.05) is 30.3 Å². The minimum atomic E-state index is -0.600. The van der Waals surface area contributed by atoms with Crippen LogP contribution in [0, 0.1) is 0 Å². The first-order chi connectivity index (χ1) is 17.1. The summed E-state index contributed by atoms with van der Waals surface area (Å²) in [6.45, 7) is 1.92. The number of hydrogen-bond acceptors (Lipinski definition) is 6. The first kappa shape index (κ1) is 21.1. The molecular formula is C25H17ClN6O3. The molecule has 0 radical (unpaired) electrons. The number of halogens is 1. The molecule has 0 aliphatic rings. The van der Waals surface area contributed by atoms with Crippen molar-refractivity contribution in [3.05, 3.63) is 88.3 Å². The summed E-state index contributed by atoms with van der Waals surface area (Å²) in [7, 11) is 0. The number of carbonyl (C=O) groups excluding carboxylic acids is 1. The fraction of sp³-hybridized carbons (Fsp3) is 0.0800. The van der Waals surface area contributed by atoms with Crippen LogP contribution in [0.15, 0.2) is 77.6 Å². The maximum Gasteiger partial charge on any atom is 0.420 e. The average molecular weight is 485 g/mol. The molecule has 0 spiro atoms. The van der Waals surface area contributed by atoms with Crippen molar-refractivity contribution >= 4 is 45.4 Å².